The average Bonchev–Trinajstić information content (AvgIpc) is 3.23. The van der Waals surface area contributed by atoms with Gasteiger partial charge in [0.15, 0.2) is 0 Å². The third kappa shape index (κ3) is 4.32. The third-order valence-corrected chi connectivity index (χ3v) is 6.31. The van der Waals surface area contributed by atoms with Crippen molar-refractivity contribution >= 4 is 17.2 Å². The summed E-state index contributed by atoms with van der Waals surface area (Å²) in [6.45, 7) is 2.10. The van der Waals surface area contributed by atoms with E-state index in [0.29, 0.717) is 13.0 Å². The maximum Gasteiger partial charge on any atom is 0.226 e. The van der Waals surface area contributed by atoms with Gasteiger partial charge in [0.2, 0.25) is 5.91 Å². The second kappa shape index (κ2) is 8.67. The van der Waals surface area contributed by atoms with E-state index in [-0.39, 0.29) is 11.3 Å². The van der Waals surface area contributed by atoms with Gasteiger partial charge in [-0.2, -0.15) is 0 Å². The van der Waals surface area contributed by atoms with E-state index < -0.39 is 0 Å². The van der Waals surface area contributed by atoms with E-state index in [9.17, 15) is 4.79 Å². The normalized spacial score (nSPS) is 15.9. The lowest BCUT2D eigenvalue weighted by Crippen LogP contribution is -2.45. The number of ether oxygens (including phenoxy) is 1. The van der Waals surface area contributed by atoms with Crippen molar-refractivity contribution in [2.24, 2.45) is 0 Å². The van der Waals surface area contributed by atoms with Crippen molar-refractivity contribution in [2.45, 2.75) is 24.7 Å². The maximum absolute atomic E-state index is 12.6. The zero-order valence-electron chi connectivity index (χ0n) is 15.8. The molecule has 0 radical (unpaired) electrons. The summed E-state index contributed by atoms with van der Waals surface area (Å²) in [6.07, 6.45) is 2.16. The number of benzene rings is 2. The fourth-order valence-electron chi connectivity index (χ4n) is 3.72. The van der Waals surface area contributed by atoms with Gasteiger partial charge < -0.3 is 10.1 Å². The van der Waals surface area contributed by atoms with Crippen molar-refractivity contribution in [2.75, 3.05) is 19.8 Å². The van der Waals surface area contributed by atoms with Crippen LogP contribution in [0.1, 0.15) is 24.1 Å². The lowest BCUT2D eigenvalue weighted by atomic mass is 9.74. The lowest BCUT2D eigenvalue weighted by molar-refractivity contribution is -0.121. The Labute approximate surface area is 169 Å². The quantitative estimate of drug-likeness (QED) is 0.683. The molecule has 2 aromatic carbocycles. The van der Waals surface area contributed by atoms with Crippen LogP contribution in [0.5, 0.6) is 0 Å². The monoisotopic (exact) mass is 392 g/mol. The van der Waals surface area contributed by atoms with E-state index >= 15 is 0 Å². The molecule has 28 heavy (non-hydrogen) atoms. The van der Waals surface area contributed by atoms with Crippen LogP contribution in [0.2, 0.25) is 0 Å². The maximum atomic E-state index is 12.6. The summed E-state index contributed by atoms with van der Waals surface area (Å²) >= 11 is 1.58. The van der Waals surface area contributed by atoms with E-state index in [1.54, 1.807) is 11.3 Å². The number of thiazole rings is 1. The van der Waals surface area contributed by atoms with Gasteiger partial charge in [-0.15, -0.1) is 11.3 Å². The van der Waals surface area contributed by atoms with Crippen LogP contribution >= 0.6 is 11.3 Å². The number of carbonyl (C=O) groups excluding carboxylic acids is 1. The Morgan fingerprint density at radius 3 is 2.43 bits per heavy atom. The minimum absolute atomic E-state index is 0.0201. The fraction of sp³-hybridized carbons (Fsp3) is 0.304. The van der Waals surface area contributed by atoms with Gasteiger partial charge in [0.1, 0.15) is 5.01 Å². The molecule has 1 amide bonds. The molecule has 0 unspecified atom stereocenters. The highest BCUT2D eigenvalue weighted by molar-refractivity contribution is 7.13. The van der Waals surface area contributed by atoms with Crippen molar-refractivity contribution in [1.82, 2.24) is 10.3 Å². The minimum Gasteiger partial charge on any atom is -0.381 e. The number of nitrogens with zero attached hydrogens (tertiary/aromatic N) is 1. The Morgan fingerprint density at radius 2 is 1.71 bits per heavy atom. The summed E-state index contributed by atoms with van der Waals surface area (Å²) in [5.41, 5.74) is 3.14. The van der Waals surface area contributed by atoms with Crippen LogP contribution < -0.4 is 5.32 Å². The molecule has 0 spiro atoms. The van der Waals surface area contributed by atoms with E-state index in [2.05, 4.69) is 34.6 Å². The fourth-order valence-corrected chi connectivity index (χ4v) is 4.54. The Morgan fingerprint density at radius 1 is 1.04 bits per heavy atom. The van der Waals surface area contributed by atoms with Crippen molar-refractivity contribution in [1.29, 1.82) is 0 Å². The molecule has 1 saturated heterocycles. The standard InChI is InChI=1S/C23H24N2O2S/c26-21(15-20-16-28-22(25-20)18-7-3-1-4-8-18)24-17-23(11-13-27-14-12-23)19-9-5-2-6-10-19/h1-10,16H,11-15,17H2,(H,24,26). The van der Waals surface area contributed by atoms with Crippen molar-refractivity contribution in [3.8, 4) is 10.6 Å². The minimum atomic E-state index is -0.0492. The zero-order valence-corrected chi connectivity index (χ0v) is 16.6. The first-order valence-electron chi connectivity index (χ1n) is 9.65. The number of aromatic nitrogens is 1. The molecular weight excluding hydrogens is 368 g/mol. The number of nitrogens with one attached hydrogen (secondary N) is 1. The van der Waals surface area contributed by atoms with Crippen molar-refractivity contribution in [3.05, 3.63) is 77.3 Å². The van der Waals surface area contributed by atoms with Crippen LogP contribution in [0.3, 0.4) is 0 Å². The molecule has 1 aromatic heterocycles. The second-order valence-electron chi connectivity index (χ2n) is 7.22. The second-order valence-corrected chi connectivity index (χ2v) is 8.08. The first-order valence-corrected chi connectivity index (χ1v) is 10.5. The topological polar surface area (TPSA) is 51.2 Å². The summed E-state index contributed by atoms with van der Waals surface area (Å²) < 4.78 is 5.57. The van der Waals surface area contributed by atoms with Crippen LogP contribution in [-0.4, -0.2) is 30.6 Å². The van der Waals surface area contributed by atoms with Gasteiger partial charge in [0.05, 0.1) is 12.1 Å². The molecule has 0 atom stereocenters. The highest BCUT2D eigenvalue weighted by Gasteiger charge is 2.34. The molecule has 4 nitrogen and oxygen atoms in total. The SMILES string of the molecule is O=C(Cc1csc(-c2ccccc2)n1)NCC1(c2ccccc2)CCOCC1. The van der Waals surface area contributed by atoms with E-state index in [1.165, 1.54) is 5.56 Å². The number of rotatable bonds is 6. The van der Waals surface area contributed by atoms with Crippen LogP contribution in [-0.2, 0) is 21.4 Å². The molecule has 1 N–H and O–H groups in total. The molecule has 1 aliphatic heterocycles. The van der Waals surface area contributed by atoms with Gasteiger partial charge in [0.25, 0.3) is 0 Å². The van der Waals surface area contributed by atoms with Crippen LogP contribution in [0.4, 0.5) is 0 Å². The smallest absolute Gasteiger partial charge is 0.226 e. The molecule has 4 rings (SSSR count). The number of hydrogen-bond donors (Lipinski definition) is 1. The summed E-state index contributed by atoms with van der Waals surface area (Å²) in [4.78, 5) is 17.2. The Balaban J connectivity index is 1.40. The zero-order chi connectivity index (χ0) is 19.2. The Hall–Kier alpha value is -2.50. The summed E-state index contributed by atoms with van der Waals surface area (Å²) in [5.74, 6) is 0.0201. The van der Waals surface area contributed by atoms with E-state index in [1.807, 2.05) is 41.8 Å². The molecule has 0 aliphatic carbocycles. The summed E-state index contributed by atoms with van der Waals surface area (Å²) in [5, 5.41) is 6.09. The van der Waals surface area contributed by atoms with Crippen molar-refractivity contribution in [3.63, 3.8) is 0 Å². The molecule has 144 valence electrons. The molecule has 3 aromatic rings. The van der Waals surface area contributed by atoms with Crippen LogP contribution in [0.15, 0.2) is 66.0 Å². The predicted octanol–water partition coefficient (Wildman–Crippen LogP) is 4.22. The van der Waals surface area contributed by atoms with Crippen LogP contribution in [0.25, 0.3) is 10.6 Å². The van der Waals surface area contributed by atoms with Crippen LogP contribution in [0, 0.1) is 0 Å². The number of hydrogen-bond acceptors (Lipinski definition) is 4. The largest absolute Gasteiger partial charge is 0.381 e. The van der Waals surface area contributed by atoms with Gasteiger partial charge in [-0.1, -0.05) is 60.7 Å². The average molecular weight is 393 g/mol. The van der Waals surface area contributed by atoms with E-state index in [4.69, 9.17) is 4.74 Å². The molecule has 1 aliphatic rings. The first kappa shape index (κ1) is 18.8. The van der Waals surface area contributed by atoms with Gasteiger partial charge in [-0.25, -0.2) is 4.98 Å². The van der Waals surface area contributed by atoms with Gasteiger partial charge in [-0.05, 0) is 18.4 Å². The molecule has 0 bridgehead atoms. The highest BCUT2D eigenvalue weighted by atomic mass is 32.1. The molecule has 1 fully saturated rings. The number of carbonyl (C=O) groups is 1. The van der Waals surface area contributed by atoms with Gasteiger partial charge in [0, 0.05) is 36.1 Å². The lowest BCUT2D eigenvalue weighted by Gasteiger charge is -2.38. The highest BCUT2D eigenvalue weighted by Crippen LogP contribution is 2.34. The molecular formula is C23H24N2O2S. The number of amides is 1. The summed E-state index contributed by atoms with van der Waals surface area (Å²) in [7, 11) is 0. The van der Waals surface area contributed by atoms with E-state index in [0.717, 1.165) is 42.3 Å². The Kier molecular flexibility index (Phi) is 5.84. The predicted molar refractivity (Wildman–Crippen MR) is 112 cm³/mol. The molecule has 2 heterocycles. The third-order valence-electron chi connectivity index (χ3n) is 5.37. The van der Waals surface area contributed by atoms with Gasteiger partial charge >= 0.3 is 0 Å². The molecule has 5 heteroatoms. The van der Waals surface area contributed by atoms with Crippen molar-refractivity contribution < 1.29 is 9.53 Å². The first-order chi connectivity index (χ1) is 13.8. The Bertz CT molecular complexity index is 903. The summed E-state index contributed by atoms with van der Waals surface area (Å²) in [6, 6.07) is 20.5. The van der Waals surface area contributed by atoms with Gasteiger partial charge in [-0.3, -0.25) is 4.79 Å². The molecule has 0 saturated carbocycles.